The molecular weight excluding hydrogens is 242 g/mol. The number of methoxy groups -OCH3 is 1. The molecule has 0 saturated heterocycles. The molecule has 0 saturated carbocycles. The van der Waals surface area contributed by atoms with Gasteiger partial charge >= 0.3 is 5.97 Å². The number of aryl methyl sites for hydroxylation is 2. The molecule has 0 aliphatic carbocycles. The number of carbonyl (C=O) groups is 1. The predicted molar refractivity (Wildman–Crippen MR) is 75.6 cm³/mol. The van der Waals surface area contributed by atoms with Crippen LogP contribution in [0.15, 0.2) is 12.1 Å². The first kappa shape index (κ1) is 15.5. The highest BCUT2D eigenvalue weighted by atomic mass is 16.5. The van der Waals surface area contributed by atoms with Crippen molar-refractivity contribution in [1.29, 1.82) is 0 Å². The Morgan fingerprint density at radius 2 is 2.05 bits per heavy atom. The standard InChI is InChI=1S/C15H23NO3/c1-10-6-11(2)13(14(7-10)19-5)9-16(4)12(3)8-15(17)18/h6-7,12H,8-9H2,1-5H3,(H,17,18). The number of hydrogen-bond donors (Lipinski definition) is 1. The van der Waals surface area contributed by atoms with Crippen molar-refractivity contribution in [3.63, 3.8) is 0 Å². The van der Waals surface area contributed by atoms with Crippen LogP contribution in [-0.2, 0) is 11.3 Å². The normalized spacial score (nSPS) is 12.5. The van der Waals surface area contributed by atoms with E-state index in [0.29, 0.717) is 6.54 Å². The Kier molecular flexibility index (Phi) is 5.36. The highest BCUT2D eigenvalue weighted by Gasteiger charge is 2.16. The highest BCUT2D eigenvalue weighted by Crippen LogP contribution is 2.26. The average Bonchev–Trinajstić information content (AvgIpc) is 2.30. The summed E-state index contributed by atoms with van der Waals surface area (Å²) in [6, 6.07) is 4.12. The van der Waals surface area contributed by atoms with Crippen molar-refractivity contribution in [1.82, 2.24) is 4.90 Å². The summed E-state index contributed by atoms with van der Waals surface area (Å²) < 4.78 is 5.43. The van der Waals surface area contributed by atoms with Gasteiger partial charge in [0.1, 0.15) is 5.75 Å². The molecule has 1 aromatic carbocycles. The maximum atomic E-state index is 10.7. The van der Waals surface area contributed by atoms with Crippen LogP contribution in [0.1, 0.15) is 30.0 Å². The van der Waals surface area contributed by atoms with Crippen molar-refractivity contribution in [3.05, 3.63) is 28.8 Å². The maximum Gasteiger partial charge on any atom is 0.304 e. The summed E-state index contributed by atoms with van der Waals surface area (Å²) in [4.78, 5) is 12.8. The number of carboxylic acid groups (broad SMARTS) is 1. The van der Waals surface area contributed by atoms with E-state index in [1.54, 1.807) is 7.11 Å². The Bertz CT molecular complexity index is 457. The molecule has 0 aliphatic rings. The van der Waals surface area contributed by atoms with Crippen molar-refractivity contribution >= 4 is 5.97 Å². The molecule has 0 aliphatic heterocycles. The van der Waals surface area contributed by atoms with Crippen molar-refractivity contribution in [3.8, 4) is 5.75 Å². The van der Waals surface area contributed by atoms with Crippen LogP contribution in [0.5, 0.6) is 5.75 Å². The van der Waals surface area contributed by atoms with Gasteiger partial charge in [-0.2, -0.15) is 0 Å². The third-order valence-corrected chi connectivity index (χ3v) is 3.43. The molecule has 0 heterocycles. The number of hydrogen-bond acceptors (Lipinski definition) is 3. The number of ether oxygens (including phenoxy) is 1. The van der Waals surface area contributed by atoms with E-state index >= 15 is 0 Å². The number of carboxylic acids is 1. The highest BCUT2D eigenvalue weighted by molar-refractivity contribution is 5.67. The number of benzene rings is 1. The Balaban J connectivity index is 2.89. The first-order valence-electron chi connectivity index (χ1n) is 6.41. The van der Waals surface area contributed by atoms with Gasteiger partial charge in [-0.1, -0.05) is 6.07 Å². The van der Waals surface area contributed by atoms with E-state index in [4.69, 9.17) is 9.84 Å². The molecule has 0 bridgehead atoms. The fraction of sp³-hybridized carbons (Fsp3) is 0.533. The molecule has 1 atom stereocenters. The molecule has 0 spiro atoms. The van der Waals surface area contributed by atoms with E-state index in [1.807, 2.05) is 31.9 Å². The topological polar surface area (TPSA) is 49.8 Å². The Labute approximate surface area is 115 Å². The van der Waals surface area contributed by atoms with Crippen LogP contribution in [0.25, 0.3) is 0 Å². The summed E-state index contributed by atoms with van der Waals surface area (Å²) in [5.41, 5.74) is 3.46. The zero-order chi connectivity index (χ0) is 14.6. The van der Waals surface area contributed by atoms with E-state index in [0.717, 1.165) is 11.3 Å². The minimum atomic E-state index is -0.771. The van der Waals surface area contributed by atoms with E-state index < -0.39 is 5.97 Å². The second-order valence-electron chi connectivity index (χ2n) is 5.12. The molecule has 19 heavy (non-hydrogen) atoms. The molecule has 0 aromatic heterocycles. The SMILES string of the molecule is COc1cc(C)cc(C)c1CN(C)C(C)CC(=O)O. The molecule has 0 radical (unpaired) electrons. The van der Waals surface area contributed by atoms with Gasteiger partial charge in [-0.25, -0.2) is 0 Å². The Morgan fingerprint density at radius 1 is 1.42 bits per heavy atom. The zero-order valence-electron chi connectivity index (χ0n) is 12.4. The van der Waals surface area contributed by atoms with Gasteiger partial charge in [-0.05, 0) is 45.0 Å². The van der Waals surface area contributed by atoms with Crippen molar-refractivity contribution in [2.75, 3.05) is 14.2 Å². The molecule has 0 amide bonds. The Hall–Kier alpha value is -1.55. The molecule has 4 nitrogen and oxygen atoms in total. The van der Waals surface area contributed by atoms with Gasteiger partial charge in [0, 0.05) is 18.2 Å². The van der Waals surface area contributed by atoms with Crippen LogP contribution >= 0.6 is 0 Å². The van der Waals surface area contributed by atoms with Crippen LogP contribution in [0, 0.1) is 13.8 Å². The van der Waals surface area contributed by atoms with E-state index in [-0.39, 0.29) is 12.5 Å². The van der Waals surface area contributed by atoms with Gasteiger partial charge in [0.2, 0.25) is 0 Å². The molecular formula is C15H23NO3. The van der Waals surface area contributed by atoms with Crippen LogP contribution in [-0.4, -0.2) is 36.2 Å². The lowest BCUT2D eigenvalue weighted by molar-refractivity contribution is -0.138. The Morgan fingerprint density at radius 3 is 2.58 bits per heavy atom. The number of nitrogens with zero attached hydrogens (tertiary/aromatic N) is 1. The van der Waals surface area contributed by atoms with Gasteiger partial charge in [-0.15, -0.1) is 0 Å². The van der Waals surface area contributed by atoms with Gasteiger partial charge in [0.05, 0.1) is 13.5 Å². The fourth-order valence-corrected chi connectivity index (χ4v) is 2.16. The first-order valence-corrected chi connectivity index (χ1v) is 6.41. The van der Waals surface area contributed by atoms with Crippen molar-refractivity contribution in [2.45, 2.75) is 39.8 Å². The second-order valence-corrected chi connectivity index (χ2v) is 5.12. The van der Waals surface area contributed by atoms with Crippen LogP contribution < -0.4 is 4.74 Å². The van der Waals surface area contributed by atoms with E-state index in [9.17, 15) is 4.79 Å². The number of rotatable bonds is 6. The second kappa shape index (κ2) is 6.57. The lowest BCUT2D eigenvalue weighted by atomic mass is 10.0. The smallest absolute Gasteiger partial charge is 0.304 e. The molecule has 106 valence electrons. The monoisotopic (exact) mass is 265 g/mol. The third-order valence-electron chi connectivity index (χ3n) is 3.43. The average molecular weight is 265 g/mol. The fourth-order valence-electron chi connectivity index (χ4n) is 2.16. The van der Waals surface area contributed by atoms with Gasteiger partial charge in [-0.3, -0.25) is 9.69 Å². The van der Waals surface area contributed by atoms with Crippen molar-refractivity contribution < 1.29 is 14.6 Å². The summed E-state index contributed by atoms with van der Waals surface area (Å²) in [5.74, 6) is 0.0961. The molecule has 0 fully saturated rings. The lowest BCUT2D eigenvalue weighted by Crippen LogP contribution is -2.31. The third kappa shape index (κ3) is 4.24. The molecule has 1 aromatic rings. The number of aliphatic carboxylic acids is 1. The first-order chi connectivity index (χ1) is 8.85. The lowest BCUT2D eigenvalue weighted by Gasteiger charge is -2.25. The van der Waals surface area contributed by atoms with Crippen LogP contribution in [0.4, 0.5) is 0 Å². The summed E-state index contributed by atoms with van der Waals surface area (Å²) >= 11 is 0. The van der Waals surface area contributed by atoms with Crippen LogP contribution in [0.2, 0.25) is 0 Å². The molecule has 1 rings (SSSR count). The molecule has 1 unspecified atom stereocenters. The van der Waals surface area contributed by atoms with Gasteiger partial charge in [0.25, 0.3) is 0 Å². The van der Waals surface area contributed by atoms with Crippen molar-refractivity contribution in [2.24, 2.45) is 0 Å². The summed E-state index contributed by atoms with van der Waals surface area (Å²) in [7, 11) is 3.60. The molecule has 4 heteroatoms. The largest absolute Gasteiger partial charge is 0.496 e. The summed E-state index contributed by atoms with van der Waals surface area (Å²) in [5, 5.41) is 8.84. The summed E-state index contributed by atoms with van der Waals surface area (Å²) in [6.07, 6.45) is 0.143. The molecule has 1 N–H and O–H groups in total. The predicted octanol–water partition coefficient (Wildman–Crippen LogP) is 2.61. The summed E-state index contributed by atoms with van der Waals surface area (Å²) in [6.45, 7) is 6.70. The maximum absolute atomic E-state index is 10.7. The van der Waals surface area contributed by atoms with E-state index in [1.165, 1.54) is 11.1 Å². The van der Waals surface area contributed by atoms with Crippen LogP contribution in [0.3, 0.4) is 0 Å². The van der Waals surface area contributed by atoms with Gasteiger partial charge in [0.15, 0.2) is 0 Å². The quantitative estimate of drug-likeness (QED) is 0.859. The zero-order valence-corrected chi connectivity index (χ0v) is 12.4. The van der Waals surface area contributed by atoms with Gasteiger partial charge < -0.3 is 9.84 Å². The minimum absolute atomic E-state index is 0.0112. The van der Waals surface area contributed by atoms with E-state index in [2.05, 4.69) is 13.0 Å². The minimum Gasteiger partial charge on any atom is -0.496 e.